The van der Waals surface area contributed by atoms with Crippen LogP contribution in [-0.4, -0.2) is 16.2 Å². The van der Waals surface area contributed by atoms with Crippen molar-refractivity contribution < 1.29 is 4.79 Å². The first kappa shape index (κ1) is 12.3. The van der Waals surface area contributed by atoms with Crippen molar-refractivity contribution in [1.82, 2.24) is 4.90 Å². The Labute approximate surface area is 104 Å². The van der Waals surface area contributed by atoms with Crippen LogP contribution in [-0.2, 0) is 0 Å². The molecule has 1 amide bonds. The molecule has 0 aromatic heterocycles. The molecule has 1 aromatic carbocycles. The van der Waals surface area contributed by atoms with Crippen LogP contribution < -0.4 is 0 Å². The van der Waals surface area contributed by atoms with Crippen molar-refractivity contribution in [2.24, 2.45) is 0 Å². The summed E-state index contributed by atoms with van der Waals surface area (Å²) in [6.45, 7) is 2.02. The zero-order valence-electron chi connectivity index (χ0n) is 8.29. The smallest absolute Gasteiger partial charge is 0.258 e. The molecule has 1 aromatic rings. The van der Waals surface area contributed by atoms with Gasteiger partial charge in [0.2, 0.25) is 0 Å². The van der Waals surface area contributed by atoms with Gasteiger partial charge in [-0.05, 0) is 24.5 Å². The molecule has 0 N–H and O–H groups in total. The first-order valence-corrected chi connectivity index (χ1v) is 5.43. The summed E-state index contributed by atoms with van der Waals surface area (Å²) in [6.07, 6.45) is 1.84. The van der Waals surface area contributed by atoms with E-state index in [9.17, 15) is 4.79 Å². The van der Waals surface area contributed by atoms with Gasteiger partial charge in [-0.3, -0.25) is 4.79 Å². The highest BCUT2D eigenvalue weighted by Gasteiger charge is 2.22. The normalized spacial score (nSPS) is 18.7. The molecule has 0 saturated heterocycles. The number of hydrogen-bond acceptors (Lipinski definition) is 2. The summed E-state index contributed by atoms with van der Waals surface area (Å²) in [6, 6.07) is 9.35. The van der Waals surface area contributed by atoms with Crippen molar-refractivity contribution in [3.05, 3.63) is 47.5 Å². The highest BCUT2D eigenvalue weighted by molar-refractivity contribution is 8.93. The number of carbonyl (C=O) groups is 1. The van der Waals surface area contributed by atoms with E-state index >= 15 is 0 Å². The molecule has 0 spiro atoms. The Hall–Kier alpha value is -0.740. The van der Waals surface area contributed by atoms with Gasteiger partial charge >= 0.3 is 0 Å². The molecule has 1 unspecified atom stereocenters. The summed E-state index contributed by atoms with van der Waals surface area (Å²) in [7, 11) is 0. The van der Waals surface area contributed by atoms with Gasteiger partial charge in [0.1, 0.15) is 0 Å². The van der Waals surface area contributed by atoms with E-state index in [-0.39, 0.29) is 28.3 Å². The molecule has 0 aliphatic carbocycles. The average molecular weight is 286 g/mol. The van der Waals surface area contributed by atoms with Crippen molar-refractivity contribution >= 4 is 34.7 Å². The summed E-state index contributed by atoms with van der Waals surface area (Å²) in [5.41, 5.74) is 0.742. The number of hydrogen-bond donors (Lipinski definition) is 0. The van der Waals surface area contributed by atoms with E-state index in [2.05, 4.69) is 0 Å². The van der Waals surface area contributed by atoms with E-state index in [0.717, 1.165) is 5.56 Å². The predicted octanol–water partition coefficient (Wildman–Crippen LogP) is 3.27. The molecule has 0 bridgehead atoms. The Morgan fingerprint density at radius 3 is 2.53 bits per heavy atom. The van der Waals surface area contributed by atoms with Gasteiger partial charge in [-0.15, -0.1) is 28.7 Å². The SMILES string of the molecule is Br.CC1SC=CN1C(=O)c1ccccc1. The van der Waals surface area contributed by atoms with Crippen molar-refractivity contribution in [3.63, 3.8) is 0 Å². The van der Waals surface area contributed by atoms with Crippen LogP contribution >= 0.6 is 28.7 Å². The van der Waals surface area contributed by atoms with E-state index < -0.39 is 0 Å². The summed E-state index contributed by atoms with van der Waals surface area (Å²) in [4.78, 5) is 13.7. The first-order chi connectivity index (χ1) is 6.79. The summed E-state index contributed by atoms with van der Waals surface area (Å²) >= 11 is 1.65. The van der Waals surface area contributed by atoms with Crippen LogP contribution in [0.3, 0.4) is 0 Å². The Kier molecular flexibility index (Phi) is 4.42. The van der Waals surface area contributed by atoms with Gasteiger partial charge in [0.25, 0.3) is 5.91 Å². The third kappa shape index (κ3) is 2.63. The molecular formula is C11H12BrNOS. The lowest BCUT2D eigenvalue weighted by Gasteiger charge is -2.18. The van der Waals surface area contributed by atoms with Gasteiger partial charge in [-0.2, -0.15) is 0 Å². The maximum absolute atomic E-state index is 11.9. The van der Waals surface area contributed by atoms with E-state index in [0.29, 0.717) is 0 Å². The minimum atomic E-state index is 0. The predicted molar refractivity (Wildman–Crippen MR) is 69.1 cm³/mol. The standard InChI is InChI=1S/C11H11NOS.BrH/c1-9-12(7-8-14-9)11(13)10-5-3-2-4-6-10;/h2-9H,1H3;1H. The summed E-state index contributed by atoms with van der Waals surface area (Å²) < 4.78 is 0. The second-order valence-electron chi connectivity index (χ2n) is 3.10. The van der Waals surface area contributed by atoms with Crippen LogP contribution in [0.2, 0.25) is 0 Å². The van der Waals surface area contributed by atoms with Crippen LogP contribution in [0.1, 0.15) is 17.3 Å². The quantitative estimate of drug-likeness (QED) is 0.789. The Balaban J connectivity index is 0.00000112. The van der Waals surface area contributed by atoms with Crippen molar-refractivity contribution in [3.8, 4) is 0 Å². The zero-order chi connectivity index (χ0) is 9.97. The topological polar surface area (TPSA) is 20.3 Å². The van der Waals surface area contributed by atoms with E-state index in [1.165, 1.54) is 0 Å². The van der Waals surface area contributed by atoms with Gasteiger partial charge < -0.3 is 4.90 Å². The minimum absolute atomic E-state index is 0. The van der Waals surface area contributed by atoms with Gasteiger partial charge in [-0.1, -0.05) is 18.2 Å². The second-order valence-corrected chi connectivity index (χ2v) is 4.33. The first-order valence-electron chi connectivity index (χ1n) is 4.49. The fourth-order valence-electron chi connectivity index (χ4n) is 1.36. The molecule has 2 rings (SSSR count). The molecule has 1 atom stereocenters. The highest BCUT2D eigenvalue weighted by Crippen LogP contribution is 2.25. The average Bonchev–Trinajstić information content (AvgIpc) is 2.65. The molecule has 1 heterocycles. The third-order valence-corrected chi connectivity index (χ3v) is 3.04. The van der Waals surface area contributed by atoms with Gasteiger partial charge in [0.15, 0.2) is 0 Å². The van der Waals surface area contributed by atoms with Crippen molar-refractivity contribution in [2.45, 2.75) is 12.3 Å². The van der Waals surface area contributed by atoms with Crippen LogP contribution in [0.4, 0.5) is 0 Å². The lowest BCUT2D eigenvalue weighted by molar-refractivity contribution is 0.0820. The molecule has 80 valence electrons. The van der Waals surface area contributed by atoms with Crippen LogP contribution in [0.25, 0.3) is 0 Å². The minimum Gasteiger partial charge on any atom is -0.302 e. The number of rotatable bonds is 1. The monoisotopic (exact) mass is 285 g/mol. The van der Waals surface area contributed by atoms with Crippen molar-refractivity contribution in [2.75, 3.05) is 0 Å². The number of nitrogens with zero attached hydrogens (tertiary/aromatic N) is 1. The fourth-order valence-corrected chi connectivity index (χ4v) is 2.09. The molecule has 15 heavy (non-hydrogen) atoms. The van der Waals surface area contributed by atoms with Gasteiger partial charge in [0, 0.05) is 11.8 Å². The molecule has 1 aliphatic rings. The van der Waals surface area contributed by atoms with Crippen molar-refractivity contribution in [1.29, 1.82) is 0 Å². The molecule has 0 radical (unpaired) electrons. The number of amides is 1. The van der Waals surface area contributed by atoms with Gasteiger partial charge in [0.05, 0.1) is 5.37 Å². The van der Waals surface area contributed by atoms with Gasteiger partial charge in [-0.25, -0.2) is 0 Å². The molecule has 2 nitrogen and oxygen atoms in total. The maximum atomic E-state index is 11.9. The maximum Gasteiger partial charge on any atom is 0.258 e. The Bertz CT molecular complexity index is 366. The number of thioether (sulfide) groups is 1. The fraction of sp³-hybridized carbons (Fsp3) is 0.182. The highest BCUT2D eigenvalue weighted by atomic mass is 79.9. The molecule has 4 heteroatoms. The van der Waals surface area contributed by atoms with E-state index in [4.69, 9.17) is 0 Å². The largest absolute Gasteiger partial charge is 0.302 e. The third-order valence-electron chi connectivity index (χ3n) is 2.14. The van der Waals surface area contributed by atoms with Crippen LogP contribution in [0.5, 0.6) is 0 Å². The molecule has 1 aliphatic heterocycles. The summed E-state index contributed by atoms with van der Waals surface area (Å²) in [5, 5.41) is 2.16. The molecular weight excluding hydrogens is 274 g/mol. The van der Waals surface area contributed by atoms with E-state index in [1.807, 2.05) is 48.9 Å². The second kappa shape index (κ2) is 5.37. The zero-order valence-corrected chi connectivity index (χ0v) is 10.8. The lowest BCUT2D eigenvalue weighted by atomic mass is 10.2. The Morgan fingerprint density at radius 2 is 2.00 bits per heavy atom. The lowest BCUT2D eigenvalue weighted by Crippen LogP contribution is -2.29. The molecule has 0 fully saturated rings. The number of halogens is 1. The Morgan fingerprint density at radius 1 is 1.33 bits per heavy atom. The number of benzene rings is 1. The van der Waals surface area contributed by atoms with Crippen LogP contribution in [0, 0.1) is 0 Å². The van der Waals surface area contributed by atoms with E-state index in [1.54, 1.807) is 16.7 Å². The summed E-state index contributed by atoms with van der Waals surface area (Å²) in [5.74, 6) is 0.0688. The number of carbonyl (C=O) groups excluding carboxylic acids is 1. The van der Waals surface area contributed by atoms with Crippen LogP contribution in [0.15, 0.2) is 41.9 Å². The molecule has 0 saturated carbocycles.